The van der Waals surface area contributed by atoms with Crippen LogP contribution in [0.4, 0.5) is 0 Å². The number of rotatable bonds is 11. The molecule has 1 N–H and O–H groups in total. The highest BCUT2D eigenvalue weighted by Crippen LogP contribution is 2.31. The molecule has 6 nitrogen and oxygen atoms in total. The number of benzene rings is 3. The molecule has 1 heterocycles. The van der Waals surface area contributed by atoms with E-state index in [0.717, 1.165) is 28.0 Å². The quantitative estimate of drug-likeness (QED) is 0.386. The SMILES string of the molecule is Cc1cccc(CN(C(=O)CCc2ccc3c(c2)OCCO3)C(Cc2ccccc2)C(=O)NCC(C)C)c1. The van der Waals surface area contributed by atoms with Crippen LogP contribution in [0.5, 0.6) is 11.5 Å². The number of hydrogen-bond acceptors (Lipinski definition) is 4. The molecule has 0 fully saturated rings. The molecule has 200 valence electrons. The first-order valence-electron chi connectivity index (χ1n) is 13.4. The molecule has 1 aliphatic heterocycles. The van der Waals surface area contributed by atoms with Crippen molar-refractivity contribution in [3.05, 3.63) is 95.1 Å². The lowest BCUT2D eigenvalue weighted by Crippen LogP contribution is -2.51. The Bertz CT molecular complexity index is 1230. The van der Waals surface area contributed by atoms with Gasteiger partial charge in [-0.05, 0) is 48.1 Å². The van der Waals surface area contributed by atoms with Crippen LogP contribution in [-0.4, -0.2) is 42.5 Å². The standard InChI is InChI=1S/C32H38N2O4/c1-23(2)21-33-32(36)28(19-25-9-5-4-6-10-25)34(22-27-11-7-8-24(3)18-27)31(35)15-13-26-12-14-29-30(20-26)38-17-16-37-29/h4-12,14,18,20,23,28H,13,15-17,19,21-22H2,1-3H3,(H,33,36). The predicted octanol–water partition coefficient (Wildman–Crippen LogP) is 5.11. The number of aryl methyl sites for hydroxylation is 2. The molecule has 3 aromatic carbocycles. The van der Waals surface area contributed by atoms with Gasteiger partial charge in [-0.3, -0.25) is 9.59 Å². The molecule has 1 aliphatic rings. The van der Waals surface area contributed by atoms with Crippen LogP contribution in [0.25, 0.3) is 0 Å². The second kappa shape index (κ2) is 13.1. The topological polar surface area (TPSA) is 67.9 Å². The Morgan fingerprint density at radius 2 is 1.61 bits per heavy atom. The summed E-state index contributed by atoms with van der Waals surface area (Å²) in [6, 6.07) is 23.2. The van der Waals surface area contributed by atoms with Gasteiger partial charge in [0.05, 0.1) is 0 Å². The second-order valence-corrected chi connectivity index (χ2v) is 10.3. The van der Waals surface area contributed by atoms with Gasteiger partial charge in [0.2, 0.25) is 11.8 Å². The van der Waals surface area contributed by atoms with Crippen LogP contribution in [0.15, 0.2) is 72.8 Å². The molecule has 0 bridgehead atoms. The van der Waals surface area contributed by atoms with Gasteiger partial charge in [-0.25, -0.2) is 0 Å². The third-order valence-corrected chi connectivity index (χ3v) is 6.63. The van der Waals surface area contributed by atoms with Gasteiger partial charge in [0.25, 0.3) is 0 Å². The first-order valence-corrected chi connectivity index (χ1v) is 13.4. The zero-order chi connectivity index (χ0) is 26.9. The average molecular weight is 515 g/mol. The minimum absolute atomic E-state index is 0.0537. The molecule has 1 unspecified atom stereocenters. The first-order chi connectivity index (χ1) is 18.4. The highest BCUT2D eigenvalue weighted by atomic mass is 16.6. The summed E-state index contributed by atoms with van der Waals surface area (Å²) in [6.07, 6.45) is 1.28. The molecule has 2 amide bonds. The molecule has 1 atom stereocenters. The second-order valence-electron chi connectivity index (χ2n) is 10.3. The number of carbonyl (C=O) groups excluding carboxylic acids is 2. The van der Waals surface area contributed by atoms with Gasteiger partial charge >= 0.3 is 0 Å². The molecule has 6 heteroatoms. The average Bonchev–Trinajstić information content (AvgIpc) is 2.92. The summed E-state index contributed by atoms with van der Waals surface area (Å²) < 4.78 is 11.3. The van der Waals surface area contributed by atoms with Gasteiger partial charge in [0.15, 0.2) is 11.5 Å². The Labute approximate surface area is 226 Å². The minimum atomic E-state index is -0.621. The Hall–Kier alpha value is -3.80. The van der Waals surface area contributed by atoms with E-state index >= 15 is 0 Å². The van der Waals surface area contributed by atoms with Crippen molar-refractivity contribution in [3.8, 4) is 11.5 Å². The van der Waals surface area contributed by atoms with Crippen LogP contribution in [0.1, 0.15) is 42.5 Å². The summed E-state index contributed by atoms with van der Waals surface area (Å²) in [5.74, 6) is 1.59. The predicted molar refractivity (Wildman–Crippen MR) is 149 cm³/mol. The number of nitrogens with zero attached hydrogens (tertiary/aromatic N) is 1. The molecule has 0 saturated carbocycles. The molecule has 0 aliphatic carbocycles. The fourth-order valence-electron chi connectivity index (χ4n) is 4.62. The molecule has 3 aromatic rings. The van der Waals surface area contributed by atoms with Crippen LogP contribution < -0.4 is 14.8 Å². The molecule has 0 spiro atoms. The van der Waals surface area contributed by atoms with Crippen molar-refractivity contribution in [2.75, 3.05) is 19.8 Å². The third kappa shape index (κ3) is 7.60. The maximum absolute atomic E-state index is 13.9. The van der Waals surface area contributed by atoms with Gasteiger partial charge < -0.3 is 19.7 Å². The van der Waals surface area contributed by atoms with Crippen molar-refractivity contribution >= 4 is 11.8 Å². The van der Waals surface area contributed by atoms with Crippen LogP contribution in [0, 0.1) is 12.8 Å². The number of fused-ring (bicyclic) bond motifs is 1. The lowest BCUT2D eigenvalue weighted by Gasteiger charge is -2.32. The smallest absolute Gasteiger partial charge is 0.243 e. The van der Waals surface area contributed by atoms with E-state index in [9.17, 15) is 9.59 Å². The first kappa shape index (κ1) is 27.2. The third-order valence-electron chi connectivity index (χ3n) is 6.63. The van der Waals surface area contributed by atoms with E-state index < -0.39 is 6.04 Å². The highest BCUT2D eigenvalue weighted by molar-refractivity contribution is 5.88. The van der Waals surface area contributed by atoms with E-state index in [1.807, 2.05) is 73.7 Å². The number of carbonyl (C=O) groups is 2. The van der Waals surface area contributed by atoms with E-state index in [4.69, 9.17) is 9.47 Å². The van der Waals surface area contributed by atoms with Gasteiger partial charge in [-0.15, -0.1) is 0 Å². The van der Waals surface area contributed by atoms with E-state index in [0.29, 0.717) is 50.8 Å². The van der Waals surface area contributed by atoms with Gasteiger partial charge in [0, 0.05) is 25.9 Å². The van der Waals surface area contributed by atoms with E-state index in [-0.39, 0.29) is 18.2 Å². The Morgan fingerprint density at radius 3 is 2.34 bits per heavy atom. The summed E-state index contributed by atoms with van der Waals surface area (Å²) in [5, 5.41) is 3.08. The highest BCUT2D eigenvalue weighted by Gasteiger charge is 2.30. The summed E-state index contributed by atoms with van der Waals surface area (Å²) in [6.45, 7) is 8.16. The fraction of sp³-hybridized carbons (Fsp3) is 0.375. The van der Waals surface area contributed by atoms with Crippen molar-refractivity contribution in [1.29, 1.82) is 0 Å². The normalized spacial score (nSPS) is 13.2. The molecular weight excluding hydrogens is 476 g/mol. The number of amides is 2. The monoisotopic (exact) mass is 514 g/mol. The summed E-state index contributed by atoms with van der Waals surface area (Å²) in [5.41, 5.74) is 4.15. The lowest BCUT2D eigenvalue weighted by molar-refractivity contribution is -0.141. The largest absolute Gasteiger partial charge is 0.486 e. The van der Waals surface area contributed by atoms with E-state index in [1.165, 1.54) is 0 Å². The zero-order valence-corrected chi connectivity index (χ0v) is 22.6. The van der Waals surface area contributed by atoms with Crippen LogP contribution in [0.3, 0.4) is 0 Å². The Kier molecular flexibility index (Phi) is 9.41. The van der Waals surface area contributed by atoms with Crippen molar-refractivity contribution < 1.29 is 19.1 Å². The molecule has 38 heavy (non-hydrogen) atoms. The van der Waals surface area contributed by atoms with Crippen LogP contribution in [0.2, 0.25) is 0 Å². The summed E-state index contributed by atoms with van der Waals surface area (Å²) in [7, 11) is 0. The molecule has 0 saturated heterocycles. The molecule has 0 aromatic heterocycles. The van der Waals surface area contributed by atoms with Crippen LogP contribution >= 0.6 is 0 Å². The minimum Gasteiger partial charge on any atom is -0.486 e. The lowest BCUT2D eigenvalue weighted by atomic mass is 10.0. The van der Waals surface area contributed by atoms with E-state index in [1.54, 1.807) is 4.90 Å². The molecule has 4 rings (SSSR count). The Balaban J connectivity index is 1.59. The van der Waals surface area contributed by atoms with Gasteiger partial charge in [-0.1, -0.05) is 80.1 Å². The molecule has 0 radical (unpaired) electrons. The number of hydrogen-bond donors (Lipinski definition) is 1. The summed E-state index contributed by atoms with van der Waals surface area (Å²) in [4.78, 5) is 29.2. The van der Waals surface area contributed by atoms with Gasteiger partial charge in [-0.2, -0.15) is 0 Å². The zero-order valence-electron chi connectivity index (χ0n) is 22.6. The number of ether oxygens (including phenoxy) is 2. The maximum atomic E-state index is 13.9. The fourth-order valence-corrected chi connectivity index (χ4v) is 4.62. The van der Waals surface area contributed by atoms with Crippen molar-refractivity contribution in [2.24, 2.45) is 5.92 Å². The van der Waals surface area contributed by atoms with E-state index in [2.05, 4.69) is 25.2 Å². The van der Waals surface area contributed by atoms with Crippen molar-refractivity contribution in [2.45, 2.75) is 52.6 Å². The maximum Gasteiger partial charge on any atom is 0.243 e. The Morgan fingerprint density at radius 1 is 0.868 bits per heavy atom. The molecular formula is C32H38N2O4. The van der Waals surface area contributed by atoms with Crippen molar-refractivity contribution in [3.63, 3.8) is 0 Å². The summed E-state index contributed by atoms with van der Waals surface area (Å²) >= 11 is 0. The number of nitrogens with one attached hydrogen (secondary N) is 1. The van der Waals surface area contributed by atoms with Crippen molar-refractivity contribution in [1.82, 2.24) is 10.2 Å². The van der Waals surface area contributed by atoms with Crippen LogP contribution in [-0.2, 0) is 29.0 Å². The van der Waals surface area contributed by atoms with Gasteiger partial charge in [0.1, 0.15) is 19.3 Å².